The average Bonchev–Trinajstić information content (AvgIpc) is 2.70. The SMILES string of the molecule is CC1(C)C2CC1C1C(OC(=O)O)C1(C)C2. The molecule has 4 rings (SSSR count). The van der Waals surface area contributed by atoms with Crippen molar-refractivity contribution >= 4 is 6.16 Å². The minimum atomic E-state index is -1.11. The number of hydrogen-bond donors (Lipinski definition) is 1. The molecule has 0 aliphatic heterocycles. The van der Waals surface area contributed by atoms with Crippen LogP contribution in [-0.4, -0.2) is 17.4 Å². The fraction of sp³-hybridized carbons (Fsp3) is 0.917. The second-order valence-electron chi connectivity index (χ2n) is 6.40. The van der Waals surface area contributed by atoms with E-state index in [1.54, 1.807) is 0 Å². The Morgan fingerprint density at radius 3 is 2.53 bits per heavy atom. The first-order valence-corrected chi connectivity index (χ1v) is 5.77. The van der Waals surface area contributed by atoms with Gasteiger partial charge in [-0.25, -0.2) is 4.79 Å². The van der Waals surface area contributed by atoms with E-state index >= 15 is 0 Å². The highest BCUT2D eigenvalue weighted by Gasteiger charge is 2.77. The van der Waals surface area contributed by atoms with Crippen LogP contribution < -0.4 is 0 Å². The van der Waals surface area contributed by atoms with Crippen LogP contribution in [0.25, 0.3) is 0 Å². The molecule has 0 saturated heterocycles. The molecule has 4 saturated carbocycles. The van der Waals surface area contributed by atoms with Crippen LogP contribution >= 0.6 is 0 Å². The fourth-order valence-corrected chi connectivity index (χ4v) is 4.34. The molecular weight excluding hydrogens is 192 g/mol. The highest BCUT2D eigenvalue weighted by Crippen LogP contribution is 2.77. The average molecular weight is 210 g/mol. The summed E-state index contributed by atoms with van der Waals surface area (Å²) in [6.07, 6.45) is 1.31. The van der Waals surface area contributed by atoms with Gasteiger partial charge < -0.3 is 9.84 Å². The summed E-state index contributed by atoms with van der Waals surface area (Å²) in [5.74, 6) is 1.96. The van der Waals surface area contributed by atoms with Gasteiger partial charge in [0.15, 0.2) is 0 Å². The van der Waals surface area contributed by atoms with Crippen molar-refractivity contribution in [2.24, 2.45) is 28.6 Å². The summed E-state index contributed by atoms with van der Waals surface area (Å²) in [6.45, 7) is 6.84. The first-order chi connectivity index (χ1) is 6.87. The van der Waals surface area contributed by atoms with Crippen LogP contribution in [0.1, 0.15) is 33.6 Å². The third kappa shape index (κ3) is 0.943. The normalized spacial score (nSPS) is 53.8. The summed E-state index contributed by atoms with van der Waals surface area (Å²) >= 11 is 0. The van der Waals surface area contributed by atoms with Gasteiger partial charge in [0.2, 0.25) is 0 Å². The van der Waals surface area contributed by atoms with Crippen molar-refractivity contribution in [3.05, 3.63) is 0 Å². The Hall–Kier alpha value is -0.730. The summed E-state index contributed by atoms with van der Waals surface area (Å²) < 4.78 is 5.02. The summed E-state index contributed by atoms with van der Waals surface area (Å²) in [6, 6.07) is 0. The smallest absolute Gasteiger partial charge is 0.450 e. The molecule has 0 aromatic carbocycles. The molecule has 4 fully saturated rings. The molecule has 0 spiro atoms. The second-order valence-corrected chi connectivity index (χ2v) is 6.40. The van der Waals surface area contributed by atoms with Crippen molar-refractivity contribution in [1.82, 2.24) is 0 Å². The van der Waals surface area contributed by atoms with Crippen molar-refractivity contribution in [2.75, 3.05) is 0 Å². The van der Waals surface area contributed by atoms with Gasteiger partial charge in [0.05, 0.1) is 0 Å². The van der Waals surface area contributed by atoms with Gasteiger partial charge in [-0.2, -0.15) is 0 Å². The lowest BCUT2D eigenvalue weighted by atomic mass is 9.47. The van der Waals surface area contributed by atoms with Gasteiger partial charge in [-0.3, -0.25) is 0 Å². The van der Waals surface area contributed by atoms with Crippen LogP contribution in [0.5, 0.6) is 0 Å². The maximum atomic E-state index is 10.6. The van der Waals surface area contributed by atoms with Gasteiger partial charge in [0, 0.05) is 11.3 Å². The molecule has 4 aliphatic rings. The van der Waals surface area contributed by atoms with Crippen LogP contribution in [-0.2, 0) is 4.74 Å². The fourth-order valence-electron chi connectivity index (χ4n) is 4.34. The molecule has 0 radical (unpaired) electrons. The molecule has 3 nitrogen and oxygen atoms in total. The molecular formula is C12H18O3. The van der Waals surface area contributed by atoms with Crippen LogP contribution in [0.4, 0.5) is 4.79 Å². The third-order valence-corrected chi connectivity index (χ3v) is 5.52. The lowest BCUT2D eigenvalue weighted by Gasteiger charge is -2.57. The van der Waals surface area contributed by atoms with Crippen LogP contribution in [0.2, 0.25) is 0 Å². The zero-order valence-corrected chi connectivity index (χ0v) is 9.49. The van der Waals surface area contributed by atoms with E-state index in [0.29, 0.717) is 17.3 Å². The van der Waals surface area contributed by atoms with Gasteiger partial charge in [0.25, 0.3) is 0 Å². The van der Waals surface area contributed by atoms with Crippen molar-refractivity contribution in [3.8, 4) is 0 Å². The van der Waals surface area contributed by atoms with Gasteiger partial charge in [-0.1, -0.05) is 20.8 Å². The van der Waals surface area contributed by atoms with E-state index in [9.17, 15) is 4.79 Å². The highest BCUT2D eigenvalue weighted by atomic mass is 16.7. The van der Waals surface area contributed by atoms with Crippen molar-refractivity contribution in [2.45, 2.75) is 39.7 Å². The summed E-state index contributed by atoms with van der Waals surface area (Å²) in [5.41, 5.74) is 0.586. The first kappa shape index (κ1) is 9.49. The van der Waals surface area contributed by atoms with Crippen molar-refractivity contribution in [3.63, 3.8) is 0 Å². The number of carboxylic acid groups (broad SMARTS) is 1. The second kappa shape index (κ2) is 2.33. The summed E-state index contributed by atoms with van der Waals surface area (Å²) in [7, 11) is 0. The maximum absolute atomic E-state index is 10.6. The minimum absolute atomic E-state index is 0.0215. The van der Waals surface area contributed by atoms with E-state index in [1.165, 1.54) is 6.42 Å². The molecule has 5 atom stereocenters. The van der Waals surface area contributed by atoms with Crippen molar-refractivity contribution < 1.29 is 14.6 Å². The van der Waals surface area contributed by atoms with Crippen LogP contribution in [0.15, 0.2) is 0 Å². The third-order valence-electron chi connectivity index (χ3n) is 5.52. The van der Waals surface area contributed by atoms with Gasteiger partial charge in [0.1, 0.15) is 6.10 Å². The Bertz CT molecular complexity index is 336. The molecule has 0 amide bonds. The summed E-state index contributed by atoms with van der Waals surface area (Å²) in [5, 5.41) is 8.69. The molecule has 0 aromatic heterocycles. The van der Waals surface area contributed by atoms with E-state index in [0.717, 1.165) is 12.3 Å². The van der Waals surface area contributed by atoms with Crippen LogP contribution in [0, 0.1) is 28.6 Å². The largest absolute Gasteiger partial charge is 0.506 e. The van der Waals surface area contributed by atoms with E-state index < -0.39 is 6.16 Å². The maximum Gasteiger partial charge on any atom is 0.506 e. The van der Waals surface area contributed by atoms with E-state index in [2.05, 4.69) is 20.8 Å². The molecule has 3 heteroatoms. The molecule has 0 aromatic rings. The molecule has 5 unspecified atom stereocenters. The lowest BCUT2D eigenvalue weighted by Crippen LogP contribution is -2.51. The van der Waals surface area contributed by atoms with E-state index in [-0.39, 0.29) is 11.5 Å². The number of hydrogen-bond acceptors (Lipinski definition) is 2. The van der Waals surface area contributed by atoms with Crippen molar-refractivity contribution in [1.29, 1.82) is 0 Å². The summed E-state index contributed by atoms with van der Waals surface area (Å²) in [4.78, 5) is 10.6. The van der Waals surface area contributed by atoms with Gasteiger partial charge in [-0.05, 0) is 30.1 Å². The Kier molecular flexibility index (Phi) is 1.48. The number of ether oxygens (including phenoxy) is 1. The minimum Gasteiger partial charge on any atom is -0.450 e. The predicted molar refractivity (Wildman–Crippen MR) is 54.5 cm³/mol. The zero-order valence-electron chi connectivity index (χ0n) is 9.49. The molecule has 0 heterocycles. The Morgan fingerprint density at radius 1 is 1.40 bits per heavy atom. The topological polar surface area (TPSA) is 46.5 Å². The Balaban J connectivity index is 1.81. The van der Waals surface area contributed by atoms with Gasteiger partial charge in [-0.15, -0.1) is 0 Å². The Labute approximate surface area is 89.8 Å². The molecule has 2 bridgehead atoms. The molecule has 15 heavy (non-hydrogen) atoms. The molecule has 84 valence electrons. The number of rotatable bonds is 1. The quantitative estimate of drug-likeness (QED) is 0.677. The molecule has 1 N–H and O–H groups in total. The molecule has 4 aliphatic carbocycles. The highest BCUT2D eigenvalue weighted by molar-refractivity contribution is 5.58. The standard InChI is InChI=1S/C12H18O3/c1-11(2)6-4-7(11)8-9(15-10(13)14)12(8,3)5-6/h6-9H,4-5H2,1-3H3,(H,13,14). The number of carbonyl (C=O) groups is 1. The predicted octanol–water partition coefficient (Wildman–Crippen LogP) is 2.75. The van der Waals surface area contributed by atoms with E-state index in [4.69, 9.17) is 9.84 Å². The van der Waals surface area contributed by atoms with Crippen LogP contribution in [0.3, 0.4) is 0 Å². The van der Waals surface area contributed by atoms with E-state index in [1.807, 2.05) is 0 Å². The monoisotopic (exact) mass is 210 g/mol. The first-order valence-electron chi connectivity index (χ1n) is 5.77. The van der Waals surface area contributed by atoms with Gasteiger partial charge >= 0.3 is 6.16 Å². The Morgan fingerprint density at radius 2 is 2.07 bits per heavy atom. The lowest BCUT2D eigenvalue weighted by molar-refractivity contribution is -0.0914. The zero-order chi connectivity index (χ0) is 11.0.